The summed E-state index contributed by atoms with van der Waals surface area (Å²) in [6.45, 7) is 11.0. The van der Waals surface area contributed by atoms with Gasteiger partial charge in [-0.2, -0.15) is 5.26 Å². The maximum atomic E-state index is 11.4. The zero-order valence-electron chi connectivity index (χ0n) is 17.0. The number of nitrogen functional groups attached to an aromatic ring is 1. The van der Waals surface area contributed by atoms with Crippen molar-refractivity contribution in [2.45, 2.75) is 13.8 Å². The van der Waals surface area contributed by atoms with Gasteiger partial charge >= 0.3 is 5.97 Å². The SMILES string of the molecule is [C-]#[N+]c1c(N)nc2c(c1C)/C(=C/c1ccc(-c3ccc(Cl)c(C(=O)O)c3)o1)C(C)=C2C#N. The van der Waals surface area contributed by atoms with Gasteiger partial charge in [0.2, 0.25) is 5.69 Å². The van der Waals surface area contributed by atoms with E-state index >= 15 is 0 Å². The summed E-state index contributed by atoms with van der Waals surface area (Å²) in [5.74, 6) is -0.0800. The normalized spacial score (nSPS) is 13.7. The van der Waals surface area contributed by atoms with Crippen molar-refractivity contribution in [2.24, 2.45) is 0 Å². The van der Waals surface area contributed by atoms with E-state index < -0.39 is 5.97 Å². The van der Waals surface area contributed by atoms with Gasteiger partial charge < -0.3 is 15.3 Å². The lowest BCUT2D eigenvalue weighted by Gasteiger charge is -2.10. The molecular weight excluding hydrogens is 428 g/mol. The summed E-state index contributed by atoms with van der Waals surface area (Å²) in [6, 6.07) is 10.3. The molecule has 156 valence electrons. The first-order chi connectivity index (χ1) is 15.3. The highest BCUT2D eigenvalue weighted by atomic mass is 35.5. The van der Waals surface area contributed by atoms with Crippen molar-refractivity contribution in [2.75, 3.05) is 5.73 Å². The highest BCUT2D eigenvalue weighted by molar-refractivity contribution is 6.33. The first-order valence-corrected chi connectivity index (χ1v) is 9.79. The molecule has 4 rings (SSSR count). The highest BCUT2D eigenvalue weighted by Crippen LogP contribution is 2.46. The second-order valence-corrected chi connectivity index (χ2v) is 7.58. The number of carboxylic acids is 1. The Hall–Kier alpha value is -4.33. The number of furan rings is 1. The fraction of sp³-hybridized carbons (Fsp3) is 0.0833. The van der Waals surface area contributed by atoms with E-state index in [-0.39, 0.29) is 22.1 Å². The fourth-order valence-electron chi connectivity index (χ4n) is 3.76. The van der Waals surface area contributed by atoms with Crippen molar-refractivity contribution in [1.82, 2.24) is 4.98 Å². The molecule has 7 nitrogen and oxygen atoms in total. The Morgan fingerprint density at radius 2 is 2.09 bits per heavy atom. The van der Waals surface area contributed by atoms with E-state index in [0.717, 1.165) is 5.57 Å². The van der Waals surface area contributed by atoms with Crippen molar-refractivity contribution >= 4 is 46.3 Å². The Morgan fingerprint density at radius 1 is 1.34 bits per heavy atom. The molecule has 1 aliphatic rings. The number of carboxylic acid groups (broad SMARTS) is 1. The van der Waals surface area contributed by atoms with Gasteiger partial charge in [-0.25, -0.2) is 14.6 Å². The standard InChI is InChI=1S/C24H15ClN4O3/c1-11-15(20-12(2)21(28-3)23(27)29-22(20)17(11)10-26)9-14-5-7-19(32-14)13-4-6-18(25)16(8-13)24(30)31/h4-9H,1-2H3,(H2,27,29)(H,30,31)/b15-9+. The molecule has 0 atom stereocenters. The number of hydrogen-bond donors (Lipinski definition) is 2. The highest BCUT2D eigenvalue weighted by Gasteiger charge is 2.29. The van der Waals surface area contributed by atoms with Crippen LogP contribution >= 0.6 is 11.6 Å². The second kappa shape index (κ2) is 7.73. The predicted octanol–water partition coefficient (Wildman–Crippen LogP) is 5.99. The summed E-state index contributed by atoms with van der Waals surface area (Å²) in [5, 5.41) is 19.1. The van der Waals surface area contributed by atoms with Gasteiger partial charge in [0.1, 0.15) is 23.4 Å². The van der Waals surface area contributed by atoms with Crippen LogP contribution in [0.5, 0.6) is 0 Å². The maximum Gasteiger partial charge on any atom is 0.337 e. The van der Waals surface area contributed by atoms with Crippen molar-refractivity contribution in [3.05, 3.63) is 80.5 Å². The molecule has 0 aliphatic heterocycles. The minimum atomic E-state index is -1.13. The molecule has 0 amide bonds. The monoisotopic (exact) mass is 442 g/mol. The summed E-state index contributed by atoms with van der Waals surface area (Å²) in [4.78, 5) is 19.2. The molecular formula is C24H15ClN4O3. The van der Waals surface area contributed by atoms with Gasteiger partial charge in [0, 0.05) is 11.1 Å². The van der Waals surface area contributed by atoms with Crippen molar-refractivity contribution in [3.8, 4) is 17.4 Å². The number of rotatable bonds is 3. The number of nitriles is 1. The summed E-state index contributed by atoms with van der Waals surface area (Å²) in [5.41, 5.74) is 10.3. The number of allylic oxidation sites excluding steroid dienone is 3. The van der Waals surface area contributed by atoms with Gasteiger partial charge in [-0.1, -0.05) is 11.6 Å². The molecule has 0 fully saturated rings. The van der Waals surface area contributed by atoms with E-state index in [4.69, 9.17) is 28.3 Å². The van der Waals surface area contributed by atoms with Crippen LogP contribution < -0.4 is 5.73 Å². The number of hydrogen-bond acceptors (Lipinski definition) is 5. The second-order valence-electron chi connectivity index (χ2n) is 7.18. The lowest BCUT2D eigenvalue weighted by Crippen LogP contribution is -1.99. The van der Waals surface area contributed by atoms with Gasteiger partial charge in [0.05, 0.1) is 28.4 Å². The molecule has 0 radical (unpaired) electrons. The topological polar surface area (TPSA) is 118 Å². The number of halogens is 1. The molecule has 8 heteroatoms. The Kier molecular flexibility index (Phi) is 5.06. The fourth-order valence-corrected chi connectivity index (χ4v) is 3.95. The molecule has 0 unspecified atom stereocenters. The number of anilines is 1. The van der Waals surface area contributed by atoms with Crippen molar-refractivity contribution in [3.63, 3.8) is 0 Å². The first kappa shape index (κ1) is 20.9. The average molecular weight is 443 g/mol. The predicted molar refractivity (Wildman–Crippen MR) is 122 cm³/mol. The Labute approximate surface area is 188 Å². The molecule has 3 N–H and O–H groups in total. The molecule has 1 aliphatic carbocycles. The smallest absolute Gasteiger partial charge is 0.337 e. The van der Waals surface area contributed by atoms with Crippen LogP contribution in [0.2, 0.25) is 5.02 Å². The lowest BCUT2D eigenvalue weighted by atomic mass is 9.98. The molecule has 2 aromatic heterocycles. The summed E-state index contributed by atoms with van der Waals surface area (Å²) in [6.07, 6.45) is 1.77. The van der Waals surface area contributed by atoms with Crippen LogP contribution in [0, 0.1) is 24.8 Å². The summed E-state index contributed by atoms with van der Waals surface area (Å²) < 4.78 is 5.94. The largest absolute Gasteiger partial charge is 0.478 e. The van der Waals surface area contributed by atoms with Crippen LogP contribution in [0.1, 0.15) is 39.9 Å². The summed E-state index contributed by atoms with van der Waals surface area (Å²) in [7, 11) is 0. The van der Waals surface area contributed by atoms with E-state index in [1.807, 2.05) is 0 Å². The van der Waals surface area contributed by atoms with Gasteiger partial charge in [-0.05, 0) is 67.0 Å². The number of fused-ring (bicyclic) bond motifs is 1. The number of aromatic nitrogens is 1. The van der Waals surface area contributed by atoms with E-state index in [1.54, 1.807) is 38.1 Å². The van der Waals surface area contributed by atoms with Gasteiger partial charge in [0.25, 0.3) is 0 Å². The molecule has 0 saturated carbocycles. The molecule has 1 aromatic carbocycles. The Balaban J connectivity index is 1.84. The molecule has 32 heavy (non-hydrogen) atoms. The number of nitrogens with zero attached hydrogens (tertiary/aromatic N) is 3. The van der Waals surface area contributed by atoms with E-state index in [0.29, 0.717) is 45.1 Å². The number of benzene rings is 1. The minimum absolute atomic E-state index is 0.0198. The quantitative estimate of drug-likeness (QED) is 0.481. The van der Waals surface area contributed by atoms with E-state index in [1.165, 1.54) is 12.1 Å². The number of aromatic carboxylic acids is 1. The van der Waals surface area contributed by atoms with E-state index in [9.17, 15) is 15.2 Å². The molecule has 3 aromatic rings. The van der Waals surface area contributed by atoms with E-state index in [2.05, 4.69) is 15.9 Å². The average Bonchev–Trinajstić information content (AvgIpc) is 3.31. The van der Waals surface area contributed by atoms with Crippen LogP contribution in [0.15, 0.2) is 40.3 Å². The molecule has 2 heterocycles. The zero-order chi connectivity index (χ0) is 23.2. The Bertz CT molecular complexity index is 1470. The van der Waals surface area contributed by atoms with Crippen LogP contribution in [0.3, 0.4) is 0 Å². The number of pyridine rings is 1. The van der Waals surface area contributed by atoms with Crippen molar-refractivity contribution < 1.29 is 14.3 Å². The van der Waals surface area contributed by atoms with Gasteiger partial charge in [-0.15, -0.1) is 0 Å². The van der Waals surface area contributed by atoms with Crippen LogP contribution in [0.4, 0.5) is 11.5 Å². The summed E-state index contributed by atoms with van der Waals surface area (Å²) >= 11 is 5.95. The van der Waals surface area contributed by atoms with Crippen LogP contribution in [0.25, 0.3) is 33.4 Å². The van der Waals surface area contributed by atoms with Gasteiger partial charge in [0.15, 0.2) is 0 Å². The molecule has 0 bridgehead atoms. The lowest BCUT2D eigenvalue weighted by molar-refractivity contribution is 0.0697. The first-order valence-electron chi connectivity index (χ1n) is 9.41. The molecule has 0 saturated heterocycles. The van der Waals surface area contributed by atoms with Gasteiger partial charge in [-0.3, -0.25) is 0 Å². The third-order valence-corrected chi connectivity index (χ3v) is 5.67. The number of nitrogens with two attached hydrogens (primary N) is 1. The maximum absolute atomic E-state index is 11.4. The number of carbonyl (C=O) groups is 1. The van der Waals surface area contributed by atoms with Crippen molar-refractivity contribution in [1.29, 1.82) is 5.26 Å². The minimum Gasteiger partial charge on any atom is -0.478 e. The zero-order valence-corrected chi connectivity index (χ0v) is 17.8. The van der Waals surface area contributed by atoms with Crippen LogP contribution in [-0.2, 0) is 0 Å². The van der Waals surface area contributed by atoms with Crippen LogP contribution in [-0.4, -0.2) is 16.1 Å². The third-order valence-electron chi connectivity index (χ3n) is 5.35. The Morgan fingerprint density at radius 3 is 2.75 bits per heavy atom. The molecule has 0 spiro atoms. The third kappa shape index (κ3) is 3.22.